The first kappa shape index (κ1) is 16.9. The molecule has 0 fully saturated rings. The maximum atomic E-state index is 11.5. The second-order valence-electron chi connectivity index (χ2n) is 4.88. The van der Waals surface area contributed by atoms with Crippen LogP contribution in [0.4, 0.5) is 0 Å². The standard InChI is InChI=1S/C17H20N2O4/c1-2-22-16(17(20)19-21)11-13-6-8-15(9-7-13)23-12-14-5-3-4-10-18-14/h3-10,16,21H,2,11-12H2,1H3,(H,19,20). The van der Waals surface area contributed by atoms with Gasteiger partial charge in [0, 0.05) is 19.2 Å². The first-order valence-corrected chi connectivity index (χ1v) is 7.40. The van der Waals surface area contributed by atoms with Crippen molar-refractivity contribution in [2.75, 3.05) is 6.61 Å². The summed E-state index contributed by atoms with van der Waals surface area (Å²) in [6.07, 6.45) is 1.38. The minimum atomic E-state index is -0.717. The Balaban J connectivity index is 1.92. The number of hydrogen-bond donors (Lipinski definition) is 2. The predicted octanol–water partition coefficient (Wildman–Crippen LogP) is 2.11. The van der Waals surface area contributed by atoms with Gasteiger partial charge >= 0.3 is 0 Å². The van der Waals surface area contributed by atoms with E-state index in [1.165, 1.54) is 0 Å². The molecule has 1 aromatic carbocycles. The van der Waals surface area contributed by atoms with Crippen LogP contribution in [-0.4, -0.2) is 28.8 Å². The quantitative estimate of drug-likeness (QED) is 0.576. The van der Waals surface area contributed by atoms with E-state index in [1.807, 2.05) is 42.5 Å². The monoisotopic (exact) mass is 316 g/mol. The molecule has 0 aliphatic rings. The van der Waals surface area contributed by atoms with E-state index in [4.69, 9.17) is 14.7 Å². The van der Waals surface area contributed by atoms with Crippen LogP contribution >= 0.6 is 0 Å². The van der Waals surface area contributed by atoms with Crippen LogP contribution in [-0.2, 0) is 22.6 Å². The molecule has 122 valence electrons. The summed E-state index contributed by atoms with van der Waals surface area (Å²) in [4.78, 5) is 15.7. The van der Waals surface area contributed by atoms with Crippen LogP contribution in [0, 0.1) is 0 Å². The number of amides is 1. The number of hydrogen-bond acceptors (Lipinski definition) is 5. The van der Waals surface area contributed by atoms with Crippen molar-refractivity contribution in [1.29, 1.82) is 0 Å². The number of carbonyl (C=O) groups excluding carboxylic acids is 1. The van der Waals surface area contributed by atoms with Gasteiger partial charge in [-0.15, -0.1) is 0 Å². The van der Waals surface area contributed by atoms with E-state index in [2.05, 4.69) is 4.98 Å². The zero-order valence-corrected chi connectivity index (χ0v) is 12.9. The van der Waals surface area contributed by atoms with E-state index in [-0.39, 0.29) is 0 Å². The van der Waals surface area contributed by atoms with Crippen LogP contribution in [0.25, 0.3) is 0 Å². The number of rotatable bonds is 8. The third kappa shape index (κ3) is 5.36. The summed E-state index contributed by atoms with van der Waals surface area (Å²) in [7, 11) is 0. The number of aromatic nitrogens is 1. The molecule has 1 amide bonds. The summed E-state index contributed by atoms with van der Waals surface area (Å²) in [5.74, 6) is 0.168. The summed E-state index contributed by atoms with van der Waals surface area (Å²) >= 11 is 0. The predicted molar refractivity (Wildman–Crippen MR) is 84.1 cm³/mol. The molecule has 0 spiro atoms. The summed E-state index contributed by atoms with van der Waals surface area (Å²) in [6, 6.07) is 13.1. The molecule has 1 aromatic heterocycles. The number of carbonyl (C=O) groups is 1. The van der Waals surface area contributed by atoms with Crippen molar-refractivity contribution in [3.8, 4) is 5.75 Å². The first-order chi connectivity index (χ1) is 11.2. The number of hydroxylamine groups is 1. The van der Waals surface area contributed by atoms with Crippen LogP contribution in [0.2, 0.25) is 0 Å². The Labute approximate surface area is 135 Å². The number of ether oxygens (including phenoxy) is 2. The lowest BCUT2D eigenvalue weighted by Gasteiger charge is -2.15. The van der Waals surface area contributed by atoms with E-state index in [0.717, 1.165) is 17.0 Å². The molecule has 2 aromatic rings. The molecule has 6 nitrogen and oxygen atoms in total. The molecule has 0 aliphatic carbocycles. The van der Waals surface area contributed by atoms with Crippen LogP contribution in [0.3, 0.4) is 0 Å². The van der Waals surface area contributed by atoms with Crippen LogP contribution in [0.1, 0.15) is 18.2 Å². The van der Waals surface area contributed by atoms with Crippen LogP contribution in [0.15, 0.2) is 48.7 Å². The third-order valence-corrected chi connectivity index (χ3v) is 3.23. The Morgan fingerprint density at radius 1 is 1.26 bits per heavy atom. The maximum Gasteiger partial charge on any atom is 0.272 e. The van der Waals surface area contributed by atoms with Gasteiger partial charge in [-0.1, -0.05) is 18.2 Å². The average molecular weight is 316 g/mol. The van der Waals surface area contributed by atoms with Gasteiger partial charge in [0.25, 0.3) is 5.91 Å². The highest BCUT2D eigenvalue weighted by molar-refractivity contribution is 5.79. The lowest BCUT2D eigenvalue weighted by Crippen LogP contribution is -2.36. The van der Waals surface area contributed by atoms with Crippen molar-refractivity contribution in [3.05, 3.63) is 59.9 Å². The van der Waals surface area contributed by atoms with E-state index in [1.54, 1.807) is 18.6 Å². The highest BCUT2D eigenvalue weighted by Crippen LogP contribution is 2.15. The molecule has 0 bridgehead atoms. The van der Waals surface area contributed by atoms with Gasteiger partial charge in [0.05, 0.1) is 5.69 Å². The summed E-state index contributed by atoms with van der Waals surface area (Å²) in [5.41, 5.74) is 3.39. The first-order valence-electron chi connectivity index (χ1n) is 7.40. The zero-order valence-electron chi connectivity index (χ0n) is 12.9. The number of benzene rings is 1. The van der Waals surface area contributed by atoms with Crippen molar-refractivity contribution in [2.45, 2.75) is 26.1 Å². The van der Waals surface area contributed by atoms with E-state index in [0.29, 0.717) is 19.6 Å². The second kappa shape index (κ2) is 8.87. The summed E-state index contributed by atoms with van der Waals surface area (Å²) < 4.78 is 11.0. The van der Waals surface area contributed by atoms with Gasteiger partial charge in [-0.05, 0) is 36.8 Å². The molecule has 0 aliphatic heterocycles. The number of nitrogens with zero attached hydrogens (tertiary/aromatic N) is 1. The van der Waals surface area contributed by atoms with E-state index in [9.17, 15) is 4.79 Å². The van der Waals surface area contributed by atoms with Crippen molar-refractivity contribution >= 4 is 5.91 Å². The van der Waals surface area contributed by atoms with Crippen molar-refractivity contribution in [3.63, 3.8) is 0 Å². The van der Waals surface area contributed by atoms with Crippen molar-refractivity contribution < 1.29 is 19.5 Å². The Kier molecular flexibility index (Phi) is 6.53. The topological polar surface area (TPSA) is 80.7 Å². The molecule has 1 atom stereocenters. The molecule has 2 N–H and O–H groups in total. The summed E-state index contributed by atoms with van der Waals surface area (Å²) in [5, 5.41) is 8.73. The van der Waals surface area contributed by atoms with Crippen LogP contribution in [0.5, 0.6) is 5.75 Å². The van der Waals surface area contributed by atoms with E-state index >= 15 is 0 Å². The fraction of sp³-hybridized carbons (Fsp3) is 0.294. The minimum Gasteiger partial charge on any atom is -0.487 e. The fourth-order valence-electron chi connectivity index (χ4n) is 2.08. The SMILES string of the molecule is CCOC(Cc1ccc(OCc2ccccn2)cc1)C(=O)NO. The second-order valence-corrected chi connectivity index (χ2v) is 4.88. The molecule has 0 saturated heterocycles. The molecule has 2 rings (SSSR count). The highest BCUT2D eigenvalue weighted by Gasteiger charge is 2.18. The molecule has 23 heavy (non-hydrogen) atoms. The lowest BCUT2D eigenvalue weighted by atomic mass is 10.1. The molecule has 1 unspecified atom stereocenters. The number of nitrogens with one attached hydrogen (secondary N) is 1. The minimum absolute atomic E-state index is 0.376. The summed E-state index contributed by atoms with van der Waals surface area (Å²) in [6.45, 7) is 2.59. The molecule has 0 saturated carbocycles. The van der Waals surface area contributed by atoms with E-state index < -0.39 is 12.0 Å². The largest absolute Gasteiger partial charge is 0.487 e. The van der Waals surface area contributed by atoms with Gasteiger partial charge in [0.1, 0.15) is 18.5 Å². The highest BCUT2D eigenvalue weighted by atomic mass is 16.5. The van der Waals surface area contributed by atoms with Gasteiger partial charge in [0.15, 0.2) is 0 Å². The molecule has 0 radical (unpaired) electrons. The normalized spacial score (nSPS) is 11.7. The maximum absolute atomic E-state index is 11.5. The van der Waals surface area contributed by atoms with Gasteiger partial charge in [-0.25, -0.2) is 5.48 Å². The third-order valence-electron chi connectivity index (χ3n) is 3.23. The van der Waals surface area contributed by atoms with Crippen molar-refractivity contribution in [2.24, 2.45) is 0 Å². The zero-order chi connectivity index (χ0) is 16.5. The molecular weight excluding hydrogens is 296 g/mol. The Morgan fingerprint density at radius 2 is 2.04 bits per heavy atom. The Morgan fingerprint density at radius 3 is 2.65 bits per heavy atom. The molecular formula is C17H20N2O4. The van der Waals surface area contributed by atoms with Gasteiger partial charge in [-0.2, -0.15) is 0 Å². The number of pyridine rings is 1. The lowest BCUT2D eigenvalue weighted by molar-refractivity contribution is -0.141. The van der Waals surface area contributed by atoms with Gasteiger partial charge in [0.2, 0.25) is 0 Å². The Bertz CT molecular complexity index is 602. The van der Waals surface area contributed by atoms with Crippen LogP contribution < -0.4 is 10.2 Å². The van der Waals surface area contributed by atoms with Gasteiger partial charge in [-0.3, -0.25) is 15.0 Å². The average Bonchev–Trinajstić information content (AvgIpc) is 2.61. The fourth-order valence-corrected chi connectivity index (χ4v) is 2.08. The Hall–Kier alpha value is -2.44. The van der Waals surface area contributed by atoms with Crippen molar-refractivity contribution in [1.82, 2.24) is 10.5 Å². The molecule has 1 heterocycles. The van der Waals surface area contributed by atoms with Gasteiger partial charge < -0.3 is 9.47 Å². The molecule has 6 heteroatoms. The smallest absolute Gasteiger partial charge is 0.272 e.